The van der Waals surface area contributed by atoms with E-state index >= 15 is 0 Å². The molecule has 0 bridgehead atoms. The first-order chi connectivity index (χ1) is 6.93. The van der Waals surface area contributed by atoms with Crippen LogP contribution in [-0.4, -0.2) is 23.3 Å². The minimum Gasteiger partial charge on any atom is -0.455 e. The molecule has 0 aliphatic heterocycles. The Balaban J connectivity index is 4.21. The number of aliphatic hydroxyl groups is 1. The first-order valence-electron chi connectivity index (χ1n) is 5.03. The van der Waals surface area contributed by atoms with Crippen LogP contribution in [0.2, 0.25) is 0 Å². The second-order valence-electron chi connectivity index (χ2n) is 3.86. The molecule has 0 aromatic carbocycles. The van der Waals surface area contributed by atoms with E-state index in [2.05, 4.69) is 6.58 Å². The van der Waals surface area contributed by atoms with E-state index in [1.807, 2.05) is 19.9 Å². The zero-order chi connectivity index (χ0) is 11.9. The number of rotatable bonds is 6. The quantitative estimate of drug-likeness (QED) is 0.542. The van der Waals surface area contributed by atoms with Crippen molar-refractivity contribution in [2.24, 2.45) is 0 Å². The molecule has 0 aliphatic rings. The van der Waals surface area contributed by atoms with E-state index in [0.29, 0.717) is 6.42 Å². The van der Waals surface area contributed by atoms with E-state index < -0.39 is 5.60 Å². The van der Waals surface area contributed by atoms with Crippen molar-refractivity contribution in [3.05, 3.63) is 24.3 Å². The molecule has 0 aliphatic carbocycles. The summed E-state index contributed by atoms with van der Waals surface area (Å²) in [7, 11) is 0. The second-order valence-corrected chi connectivity index (χ2v) is 3.86. The minimum absolute atomic E-state index is 0.0678. The molecule has 3 heteroatoms. The van der Waals surface area contributed by atoms with Crippen molar-refractivity contribution < 1.29 is 14.6 Å². The fourth-order valence-electron chi connectivity index (χ4n) is 1.19. The normalized spacial score (nSPS) is 15.6. The number of carbonyl (C=O) groups excluding carboxylic acids is 1. The Morgan fingerprint density at radius 3 is 2.53 bits per heavy atom. The Morgan fingerprint density at radius 1 is 1.53 bits per heavy atom. The minimum atomic E-state index is -0.613. The van der Waals surface area contributed by atoms with E-state index in [-0.39, 0.29) is 12.6 Å². The molecule has 0 amide bonds. The summed E-state index contributed by atoms with van der Waals surface area (Å²) < 4.78 is 5.15. The van der Waals surface area contributed by atoms with Gasteiger partial charge >= 0.3 is 5.97 Å². The molecule has 0 fully saturated rings. The van der Waals surface area contributed by atoms with Crippen molar-refractivity contribution in [1.82, 2.24) is 0 Å². The van der Waals surface area contributed by atoms with E-state index in [4.69, 9.17) is 9.84 Å². The molecule has 0 radical (unpaired) electrons. The monoisotopic (exact) mass is 212 g/mol. The van der Waals surface area contributed by atoms with Gasteiger partial charge in [-0.1, -0.05) is 18.2 Å². The smallest absolute Gasteiger partial charge is 0.303 e. The molecule has 0 aromatic rings. The Labute approximate surface area is 91.4 Å². The number of hydrogen-bond acceptors (Lipinski definition) is 3. The first-order valence-corrected chi connectivity index (χ1v) is 5.03. The summed E-state index contributed by atoms with van der Waals surface area (Å²) in [5.74, 6) is -0.305. The summed E-state index contributed by atoms with van der Waals surface area (Å²) in [5, 5.41) is 8.79. The third kappa shape index (κ3) is 6.07. The fourth-order valence-corrected chi connectivity index (χ4v) is 1.19. The third-order valence-electron chi connectivity index (χ3n) is 2.19. The molecule has 86 valence electrons. The van der Waals surface area contributed by atoms with Crippen molar-refractivity contribution in [1.29, 1.82) is 0 Å². The molecular formula is C12H20O3. The standard InChI is InChI=1S/C12H20O3/c1-5-12(4,15-11(3)14)8-6-7-10(2)9-13/h5,7,13H,1,6,8-9H2,2-4H3. The van der Waals surface area contributed by atoms with Crippen LogP contribution < -0.4 is 0 Å². The van der Waals surface area contributed by atoms with Crippen molar-refractivity contribution >= 4 is 5.97 Å². The summed E-state index contributed by atoms with van der Waals surface area (Å²) in [6.45, 7) is 8.79. The van der Waals surface area contributed by atoms with Gasteiger partial charge in [0, 0.05) is 6.92 Å². The molecule has 1 unspecified atom stereocenters. The lowest BCUT2D eigenvalue weighted by Gasteiger charge is -2.24. The van der Waals surface area contributed by atoms with Crippen LogP contribution in [0.4, 0.5) is 0 Å². The van der Waals surface area contributed by atoms with Crippen molar-refractivity contribution in [3.63, 3.8) is 0 Å². The highest BCUT2D eigenvalue weighted by Crippen LogP contribution is 2.19. The molecule has 0 aromatic heterocycles. The summed E-state index contributed by atoms with van der Waals surface area (Å²) in [6, 6.07) is 0. The van der Waals surface area contributed by atoms with Crippen molar-refractivity contribution in [3.8, 4) is 0 Å². The van der Waals surface area contributed by atoms with E-state index in [1.165, 1.54) is 6.92 Å². The molecule has 15 heavy (non-hydrogen) atoms. The Morgan fingerprint density at radius 2 is 2.13 bits per heavy atom. The lowest BCUT2D eigenvalue weighted by Crippen LogP contribution is -2.27. The Bertz CT molecular complexity index is 256. The topological polar surface area (TPSA) is 46.5 Å². The van der Waals surface area contributed by atoms with Crippen LogP contribution in [0, 0.1) is 0 Å². The molecule has 0 spiro atoms. The highest BCUT2D eigenvalue weighted by molar-refractivity contribution is 5.66. The number of carbonyl (C=O) groups is 1. The number of hydrogen-bond donors (Lipinski definition) is 1. The number of allylic oxidation sites excluding steroid dienone is 1. The van der Waals surface area contributed by atoms with Gasteiger partial charge in [-0.3, -0.25) is 4.79 Å². The van der Waals surface area contributed by atoms with Gasteiger partial charge in [-0.15, -0.1) is 0 Å². The third-order valence-corrected chi connectivity index (χ3v) is 2.19. The van der Waals surface area contributed by atoms with Crippen LogP contribution in [0.15, 0.2) is 24.3 Å². The zero-order valence-electron chi connectivity index (χ0n) is 9.75. The summed E-state index contributed by atoms with van der Waals surface area (Å²) in [5.41, 5.74) is 0.308. The predicted molar refractivity (Wildman–Crippen MR) is 60.4 cm³/mol. The van der Waals surface area contributed by atoms with Gasteiger partial charge in [-0.2, -0.15) is 0 Å². The van der Waals surface area contributed by atoms with E-state index in [1.54, 1.807) is 6.08 Å². The average Bonchev–Trinajstić information content (AvgIpc) is 2.16. The molecule has 0 saturated carbocycles. The van der Waals surface area contributed by atoms with Gasteiger partial charge in [0.2, 0.25) is 0 Å². The van der Waals surface area contributed by atoms with Crippen LogP contribution in [0.1, 0.15) is 33.6 Å². The summed E-state index contributed by atoms with van der Waals surface area (Å²) >= 11 is 0. The molecule has 1 atom stereocenters. The van der Waals surface area contributed by atoms with Gasteiger partial charge in [0.05, 0.1) is 6.61 Å². The predicted octanol–water partition coefficient (Wildman–Crippen LogP) is 2.21. The molecule has 1 N–H and O–H groups in total. The van der Waals surface area contributed by atoms with Crippen LogP contribution >= 0.6 is 0 Å². The SMILES string of the molecule is C=CC(C)(CCC=C(C)CO)OC(C)=O. The maximum atomic E-state index is 10.8. The fraction of sp³-hybridized carbons (Fsp3) is 0.583. The van der Waals surface area contributed by atoms with Crippen LogP contribution in [0.3, 0.4) is 0 Å². The summed E-state index contributed by atoms with van der Waals surface area (Å²) in [4.78, 5) is 10.8. The van der Waals surface area contributed by atoms with Crippen LogP contribution in [-0.2, 0) is 9.53 Å². The molecule has 0 heterocycles. The molecule has 3 nitrogen and oxygen atoms in total. The Hall–Kier alpha value is -1.09. The van der Waals surface area contributed by atoms with E-state index in [9.17, 15) is 4.79 Å². The highest BCUT2D eigenvalue weighted by Gasteiger charge is 2.22. The van der Waals surface area contributed by atoms with Crippen molar-refractivity contribution in [2.75, 3.05) is 6.61 Å². The average molecular weight is 212 g/mol. The summed E-state index contributed by atoms with van der Waals surface area (Å²) in [6.07, 6.45) is 5.00. The van der Waals surface area contributed by atoms with Gasteiger partial charge in [0.25, 0.3) is 0 Å². The van der Waals surface area contributed by atoms with Gasteiger partial charge in [-0.05, 0) is 32.8 Å². The lowest BCUT2D eigenvalue weighted by atomic mass is 9.99. The van der Waals surface area contributed by atoms with Gasteiger partial charge in [0.15, 0.2) is 0 Å². The highest BCUT2D eigenvalue weighted by atomic mass is 16.6. The first kappa shape index (κ1) is 13.9. The van der Waals surface area contributed by atoms with Crippen LogP contribution in [0.5, 0.6) is 0 Å². The van der Waals surface area contributed by atoms with Crippen LogP contribution in [0.25, 0.3) is 0 Å². The largest absolute Gasteiger partial charge is 0.455 e. The Kier molecular flexibility index (Phi) is 5.94. The number of esters is 1. The van der Waals surface area contributed by atoms with Gasteiger partial charge in [0.1, 0.15) is 5.60 Å². The maximum absolute atomic E-state index is 10.8. The van der Waals surface area contributed by atoms with E-state index in [0.717, 1.165) is 12.0 Å². The lowest BCUT2D eigenvalue weighted by molar-refractivity contribution is -0.151. The molecule has 0 saturated heterocycles. The number of ether oxygens (including phenoxy) is 1. The second kappa shape index (κ2) is 6.40. The van der Waals surface area contributed by atoms with Gasteiger partial charge in [-0.25, -0.2) is 0 Å². The maximum Gasteiger partial charge on any atom is 0.303 e. The van der Waals surface area contributed by atoms with Crippen molar-refractivity contribution in [2.45, 2.75) is 39.2 Å². The van der Waals surface area contributed by atoms with Gasteiger partial charge < -0.3 is 9.84 Å². The molecule has 0 rings (SSSR count). The number of aliphatic hydroxyl groups excluding tert-OH is 1. The molecular weight excluding hydrogens is 192 g/mol. The zero-order valence-corrected chi connectivity index (χ0v) is 9.75.